The predicted molar refractivity (Wildman–Crippen MR) is 100.0 cm³/mol. The third-order valence-electron chi connectivity index (χ3n) is 5.66. The van der Waals surface area contributed by atoms with E-state index in [-0.39, 0.29) is 12.5 Å². The van der Waals surface area contributed by atoms with Crippen molar-refractivity contribution in [1.82, 2.24) is 15.0 Å². The minimum absolute atomic E-state index is 0.263. The number of hydrogen-bond donors (Lipinski definition) is 1. The van der Waals surface area contributed by atoms with Crippen LogP contribution in [0.5, 0.6) is 0 Å². The normalized spacial score (nSPS) is 18.9. The van der Waals surface area contributed by atoms with Crippen LogP contribution in [0.15, 0.2) is 34.9 Å². The Bertz CT molecular complexity index is 1120. The molecule has 2 aromatic heterocycles. The minimum atomic E-state index is -1.00. The Balaban J connectivity index is 1.62. The van der Waals surface area contributed by atoms with Gasteiger partial charge in [-0.1, -0.05) is 29.4 Å². The summed E-state index contributed by atoms with van der Waals surface area (Å²) < 4.78 is 5.33. The molecule has 0 spiro atoms. The van der Waals surface area contributed by atoms with Gasteiger partial charge in [0.15, 0.2) is 0 Å². The molecule has 1 atom stereocenters. The lowest BCUT2D eigenvalue weighted by atomic mass is 9.93. The van der Waals surface area contributed by atoms with Crippen molar-refractivity contribution in [2.75, 3.05) is 0 Å². The Labute approximate surface area is 161 Å². The molecule has 28 heavy (non-hydrogen) atoms. The van der Waals surface area contributed by atoms with E-state index in [0.29, 0.717) is 34.7 Å². The lowest BCUT2D eigenvalue weighted by Crippen LogP contribution is -2.48. The van der Waals surface area contributed by atoms with Crippen LogP contribution in [0, 0.1) is 6.92 Å². The fraction of sp³-hybridized carbons (Fsp3) is 0.333. The number of aliphatic carboxylic acids is 1. The van der Waals surface area contributed by atoms with Gasteiger partial charge in [0.2, 0.25) is 0 Å². The average Bonchev–Trinajstić information content (AvgIpc) is 3.49. The van der Waals surface area contributed by atoms with Gasteiger partial charge in [0.25, 0.3) is 11.6 Å². The van der Waals surface area contributed by atoms with Gasteiger partial charge in [0, 0.05) is 24.6 Å². The van der Waals surface area contributed by atoms with Crippen LogP contribution in [-0.2, 0) is 17.8 Å². The summed E-state index contributed by atoms with van der Waals surface area (Å²) in [5.74, 6) is -0.987. The highest BCUT2D eigenvalue weighted by Gasteiger charge is 2.37. The van der Waals surface area contributed by atoms with Crippen LogP contribution in [0.3, 0.4) is 0 Å². The lowest BCUT2D eigenvalue weighted by molar-refractivity contribution is -0.142. The van der Waals surface area contributed by atoms with Gasteiger partial charge in [0.05, 0.1) is 16.6 Å². The maximum Gasteiger partial charge on any atom is 0.326 e. The van der Waals surface area contributed by atoms with E-state index < -0.39 is 12.0 Å². The number of amides is 1. The van der Waals surface area contributed by atoms with Crippen molar-refractivity contribution >= 4 is 23.0 Å². The first-order valence-electron chi connectivity index (χ1n) is 9.40. The molecule has 5 rings (SSSR count). The van der Waals surface area contributed by atoms with Gasteiger partial charge >= 0.3 is 5.97 Å². The topological polar surface area (TPSA) is 96.5 Å². The number of pyridine rings is 1. The van der Waals surface area contributed by atoms with Crippen molar-refractivity contribution < 1.29 is 19.2 Å². The molecule has 1 aliphatic carbocycles. The van der Waals surface area contributed by atoms with Crippen molar-refractivity contribution in [3.05, 3.63) is 58.4 Å². The second-order valence-corrected chi connectivity index (χ2v) is 7.58. The Morgan fingerprint density at radius 2 is 1.96 bits per heavy atom. The van der Waals surface area contributed by atoms with E-state index in [9.17, 15) is 14.7 Å². The molecule has 1 fully saturated rings. The predicted octanol–water partition coefficient (Wildman–Crippen LogP) is 3.06. The zero-order valence-corrected chi connectivity index (χ0v) is 15.4. The number of aromatic nitrogens is 2. The number of carbonyl (C=O) groups is 2. The quantitative estimate of drug-likeness (QED) is 0.753. The van der Waals surface area contributed by atoms with E-state index in [4.69, 9.17) is 4.52 Å². The molecule has 1 amide bonds. The molecule has 0 bridgehead atoms. The second-order valence-electron chi connectivity index (χ2n) is 7.58. The van der Waals surface area contributed by atoms with Gasteiger partial charge in [0.1, 0.15) is 6.04 Å². The van der Waals surface area contributed by atoms with E-state index in [1.54, 1.807) is 13.0 Å². The summed E-state index contributed by atoms with van der Waals surface area (Å²) in [5.41, 5.74) is 4.11. The highest BCUT2D eigenvalue weighted by molar-refractivity contribution is 6.07. The van der Waals surface area contributed by atoms with E-state index >= 15 is 0 Å². The molecule has 0 radical (unpaired) electrons. The van der Waals surface area contributed by atoms with Gasteiger partial charge in [-0.05, 0) is 37.0 Å². The number of carboxylic acid groups (broad SMARTS) is 1. The van der Waals surface area contributed by atoms with Crippen molar-refractivity contribution in [2.45, 2.75) is 44.7 Å². The van der Waals surface area contributed by atoms with E-state index in [2.05, 4.69) is 10.1 Å². The molecule has 1 aromatic carbocycles. The van der Waals surface area contributed by atoms with Crippen LogP contribution in [0.1, 0.15) is 51.6 Å². The summed E-state index contributed by atoms with van der Waals surface area (Å²) in [7, 11) is 0. The van der Waals surface area contributed by atoms with Gasteiger partial charge in [-0.25, -0.2) is 9.78 Å². The van der Waals surface area contributed by atoms with Crippen molar-refractivity contribution in [1.29, 1.82) is 0 Å². The van der Waals surface area contributed by atoms with E-state index in [1.807, 2.05) is 24.3 Å². The third kappa shape index (κ3) is 2.66. The molecule has 0 unspecified atom stereocenters. The Hall–Kier alpha value is -3.22. The van der Waals surface area contributed by atoms with Crippen LogP contribution >= 0.6 is 0 Å². The Morgan fingerprint density at radius 3 is 2.68 bits per heavy atom. The molecular weight excluding hydrogens is 358 g/mol. The average molecular weight is 377 g/mol. The summed E-state index contributed by atoms with van der Waals surface area (Å²) in [6, 6.07) is 8.55. The van der Waals surface area contributed by atoms with Crippen LogP contribution in [-0.4, -0.2) is 38.1 Å². The van der Waals surface area contributed by atoms with E-state index in [0.717, 1.165) is 29.7 Å². The molecule has 2 aliphatic rings. The monoisotopic (exact) mass is 377 g/mol. The van der Waals surface area contributed by atoms with Crippen molar-refractivity contribution in [3.8, 4) is 0 Å². The first-order valence-corrected chi connectivity index (χ1v) is 9.40. The smallest absolute Gasteiger partial charge is 0.326 e. The molecule has 1 saturated carbocycles. The summed E-state index contributed by atoms with van der Waals surface area (Å²) in [6.07, 6.45) is 2.37. The van der Waals surface area contributed by atoms with Crippen LogP contribution in [0.25, 0.3) is 11.1 Å². The number of carboxylic acids is 1. The van der Waals surface area contributed by atoms with Crippen molar-refractivity contribution in [2.24, 2.45) is 0 Å². The Morgan fingerprint density at radius 1 is 1.21 bits per heavy atom. The zero-order valence-electron chi connectivity index (χ0n) is 15.4. The fourth-order valence-electron chi connectivity index (χ4n) is 3.98. The molecule has 3 aromatic rings. The number of hydrogen-bond acceptors (Lipinski definition) is 5. The number of rotatable bonds is 3. The Kier molecular flexibility index (Phi) is 3.72. The zero-order chi connectivity index (χ0) is 19.4. The number of carbonyl (C=O) groups excluding carboxylic acids is 1. The standard InChI is InChI=1S/C21H19N3O4/c1-11-18-15(9-16(12-6-7-12)22-19(18)28-23-11)20(25)24-10-14-5-3-2-4-13(14)8-17(24)21(26)27/h2-5,9,12,17H,6-8,10H2,1H3,(H,26,27)/t17-/m0/s1. The summed E-state index contributed by atoms with van der Waals surface area (Å²) in [5, 5.41) is 14.3. The highest BCUT2D eigenvalue weighted by Crippen LogP contribution is 2.41. The first-order chi connectivity index (χ1) is 13.5. The summed E-state index contributed by atoms with van der Waals surface area (Å²) in [6.45, 7) is 2.03. The van der Waals surface area contributed by atoms with Crippen LogP contribution in [0.4, 0.5) is 0 Å². The first kappa shape index (κ1) is 16.9. The fourth-order valence-corrected chi connectivity index (χ4v) is 3.98. The summed E-state index contributed by atoms with van der Waals surface area (Å²) >= 11 is 0. The number of benzene rings is 1. The molecule has 1 N–H and O–H groups in total. The third-order valence-corrected chi connectivity index (χ3v) is 5.66. The van der Waals surface area contributed by atoms with E-state index in [1.165, 1.54) is 4.90 Å². The molecule has 7 heteroatoms. The van der Waals surface area contributed by atoms with Gasteiger partial charge in [-0.15, -0.1) is 0 Å². The number of nitrogens with zero attached hydrogens (tertiary/aromatic N) is 3. The molecule has 0 saturated heterocycles. The molecule has 1 aliphatic heterocycles. The number of fused-ring (bicyclic) bond motifs is 2. The van der Waals surface area contributed by atoms with Gasteiger partial charge in [-0.3, -0.25) is 4.79 Å². The molecule has 3 heterocycles. The van der Waals surface area contributed by atoms with Crippen LogP contribution < -0.4 is 0 Å². The largest absolute Gasteiger partial charge is 0.480 e. The maximum absolute atomic E-state index is 13.5. The van der Waals surface area contributed by atoms with Crippen LogP contribution in [0.2, 0.25) is 0 Å². The van der Waals surface area contributed by atoms with Gasteiger partial charge < -0.3 is 14.5 Å². The van der Waals surface area contributed by atoms with Crippen molar-refractivity contribution in [3.63, 3.8) is 0 Å². The highest BCUT2D eigenvalue weighted by atomic mass is 16.5. The van der Waals surface area contributed by atoms with Gasteiger partial charge in [-0.2, -0.15) is 0 Å². The minimum Gasteiger partial charge on any atom is -0.480 e. The molecular formula is C21H19N3O4. The maximum atomic E-state index is 13.5. The summed E-state index contributed by atoms with van der Waals surface area (Å²) in [4.78, 5) is 31.5. The molecule has 7 nitrogen and oxygen atoms in total. The SMILES string of the molecule is Cc1noc2nc(C3CC3)cc(C(=O)N3Cc4ccccc4C[C@H]3C(=O)O)c12. The number of aryl methyl sites for hydroxylation is 1. The second kappa shape index (κ2) is 6.15. The lowest BCUT2D eigenvalue weighted by Gasteiger charge is -2.34. The molecule has 142 valence electrons.